The van der Waals surface area contributed by atoms with Crippen LogP contribution in [0.25, 0.3) is 0 Å². The molecule has 0 bridgehead atoms. The van der Waals surface area contributed by atoms with Crippen LogP contribution in [0.1, 0.15) is 57.8 Å². The van der Waals surface area contributed by atoms with Crippen LogP contribution in [0, 0.1) is 11.7 Å². The smallest absolute Gasteiger partial charge is 0.169 e. The summed E-state index contributed by atoms with van der Waals surface area (Å²) < 4.78 is 52.4. The van der Waals surface area contributed by atoms with Gasteiger partial charge >= 0.3 is 0 Å². The average molecular weight is 427 g/mol. The van der Waals surface area contributed by atoms with Crippen LogP contribution in [0.5, 0.6) is 5.75 Å². The molecule has 1 aliphatic carbocycles. The highest BCUT2D eigenvalue weighted by molar-refractivity contribution is 7.93. The summed E-state index contributed by atoms with van der Waals surface area (Å²) in [5.74, 6) is 0.422. The van der Waals surface area contributed by atoms with E-state index < -0.39 is 31.3 Å². The number of halogens is 1. The van der Waals surface area contributed by atoms with E-state index >= 15 is 0 Å². The Labute approximate surface area is 172 Å². The molecule has 162 valence electrons. The predicted molar refractivity (Wildman–Crippen MR) is 111 cm³/mol. The van der Waals surface area contributed by atoms with E-state index in [4.69, 9.17) is 15.2 Å². The first-order valence-electron chi connectivity index (χ1n) is 10.0. The Bertz CT molecular complexity index is 892. The lowest BCUT2D eigenvalue weighted by atomic mass is 9.97. The van der Waals surface area contributed by atoms with E-state index in [1.807, 2.05) is 13.8 Å². The van der Waals surface area contributed by atoms with Crippen LogP contribution in [0.4, 0.5) is 4.39 Å². The molecule has 1 aromatic rings. The molecule has 0 saturated heterocycles. The zero-order valence-electron chi connectivity index (χ0n) is 17.6. The number of hydrogen-bond acceptors (Lipinski definition) is 6. The molecule has 1 heterocycles. The maximum absolute atomic E-state index is 14.9. The van der Waals surface area contributed by atoms with Crippen molar-refractivity contribution in [1.29, 1.82) is 0 Å². The number of ether oxygens (including phenoxy) is 2. The van der Waals surface area contributed by atoms with E-state index in [9.17, 15) is 12.8 Å². The Morgan fingerprint density at radius 2 is 1.97 bits per heavy atom. The van der Waals surface area contributed by atoms with Crippen molar-refractivity contribution in [3.63, 3.8) is 0 Å². The quantitative estimate of drug-likeness (QED) is 0.797. The summed E-state index contributed by atoms with van der Waals surface area (Å²) in [6.07, 6.45) is 2.35. The summed E-state index contributed by atoms with van der Waals surface area (Å²) in [5.41, 5.74) is 5.33. The summed E-state index contributed by atoms with van der Waals surface area (Å²) in [6.45, 7) is 7.80. The Morgan fingerprint density at radius 1 is 1.28 bits per heavy atom. The Kier molecular flexibility index (Phi) is 5.98. The molecule has 1 fully saturated rings. The number of aliphatic imine (C=N–C) groups is 1. The first-order chi connectivity index (χ1) is 13.4. The van der Waals surface area contributed by atoms with E-state index in [2.05, 4.69) is 4.99 Å². The van der Waals surface area contributed by atoms with Gasteiger partial charge in [0.2, 0.25) is 0 Å². The van der Waals surface area contributed by atoms with Crippen LogP contribution in [-0.4, -0.2) is 44.4 Å². The minimum atomic E-state index is -3.96. The summed E-state index contributed by atoms with van der Waals surface area (Å²) >= 11 is 0. The van der Waals surface area contributed by atoms with Crippen molar-refractivity contribution in [2.75, 3.05) is 19.8 Å². The third-order valence-corrected chi connectivity index (χ3v) is 8.54. The molecule has 1 aliphatic heterocycles. The van der Waals surface area contributed by atoms with Gasteiger partial charge in [-0.3, -0.25) is 4.99 Å². The minimum absolute atomic E-state index is 0.00681. The van der Waals surface area contributed by atoms with Gasteiger partial charge in [-0.05, 0) is 71.1 Å². The number of nitrogens with zero attached hydrogens (tertiary/aromatic N) is 1. The first-order valence-corrected chi connectivity index (χ1v) is 11.6. The van der Waals surface area contributed by atoms with E-state index in [1.54, 1.807) is 0 Å². The summed E-state index contributed by atoms with van der Waals surface area (Å²) in [5, 5.41) is -1.15. The second-order valence-corrected chi connectivity index (χ2v) is 11.7. The highest BCUT2D eigenvalue weighted by Crippen LogP contribution is 2.41. The number of benzene rings is 1. The van der Waals surface area contributed by atoms with Crippen molar-refractivity contribution < 1.29 is 22.3 Å². The fraction of sp³-hybridized carbons (Fsp3) is 0.667. The lowest BCUT2D eigenvalue weighted by Crippen LogP contribution is -2.49. The lowest BCUT2D eigenvalue weighted by Gasteiger charge is -2.36. The molecular formula is C21H31FN2O4S. The van der Waals surface area contributed by atoms with Crippen molar-refractivity contribution in [2.24, 2.45) is 16.6 Å². The lowest BCUT2D eigenvalue weighted by molar-refractivity contribution is -0.0200. The number of amidine groups is 1. The fourth-order valence-corrected chi connectivity index (χ4v) is 5.63. The van der Waals surface area contributed by atoms with E-state index in [0.29, 0.717) is 24.9 Å². The van der Waals surface area contributed by atoms with Gasteiger partial charge in [0.15, 0.2) is 9.84 Å². The Morgan fingerprint density at radius 3 is 2.62 bits per heavy atom. The Balaban J connectivity index is 2.07. The molecular weight excluding hydrogens is 395 g/mol. The molecule has 29 heavy (non-hydrogen) atoms. The van der Waals surface area contributed by atoms with E-state index in [0.717, 1.165) is 12.8 Å². The van der Waals surface area contributed by atoms with Crippen LogP contribution in [0.2, 0.25) is 0 Å². The summed E-state index contributed by atoms with van der Waals surface area (Å²) in [7, 11) is -3.96. The molecule has 1 aromatic carbocycles. The van der Waals surface area contributed by atoms with Crippen LogP contribution in [-0.2, 0) is 14.6 Å². The van der Waals surface area contributed by atoms with Gasteiger partial charge in [0, 0.05) is 5.56 Å². The maximum Gasteiger partial charge on any atom is 0.169 e. The van der Waals surface area contributed by atoms with Gasteiger partial charge in [-0.15, -0.1) is 0 Å². The van der Waals surface area contributed by atoms with Crippen molar-refractivity contribution in [2.45, 2.75) is 62.6 Å². The van der Waals surface area contributed by atoms with Crippen molar-refractivity contribution in [3.05, 3.63) is 29.6 Å². The van der Waals surface area contributed by atoms with Crippen LogP contribution in [0.3, 0.4) is 0 Å². The van der Waals surface area contributed by atoms with Crippen LogP contribution >= 0.6 is 0 Å². The molecule has 2 aliphatic rings. The molecule has 0 unspecified atom stereocenters. The van der Waals surface area contributed by atoms with Gasteiger partial charge in [-0.25, -0.2) is 12.8 Å². The summed E-state index contributed by atoms with van der Waals surface area (Å²) in [6, 6.07) is 4.31. The third kappa shape index (κ3) is 4.74. The van der Waals surface area contributed by atoms with Gasteiger partial charge < -0.3 is 15.2 Å². The predicted octanol–water partition coefficient (Wildman–Crippen LogP) is 3.41. The zero-order chi connectivity index (χ0) is 21.4. The molecule has 1 atom stereocenters. The van der Waals surface area contributed by atoms with Gasteiger partial charge in [-0.1, -0.05) is 0 Å². The molecule has 0 amide bonds. The monoisotopic (exact) mass is 426 g/mol. The second kappa shape index (κ2) is 7.87. The molecule has 6 nitrogen and oxygen atoms in total. The molecule has 2 N–H and O–H groups in total. The fourth-order valence-electron chi connectivity index (χ4n) is 3.43. The molecule has 0 spiro atoms. The van der Waals surface area contributed by atoms with Crippen molar-refractivity contribution in [1.82, 2.24) is 0 Å². The van der Waals surface area contributed by atoms with E-state index in [1.165, 1.54) is 32.0 Å². The largest absolute Gasteiger partial charge is 0.493 e. The first kappa shape index (κ1) is 22.0. The summed E-state index contributed by atoms with van der Waals surface area (Å²) in [4.78, 5) is 4.19. The van der Waals surface area contributed by atoms with Gasteiger partial charge in [0.1, 0.15) is 22.1 Å². The number of hydrogen-bond donors (Lipinski definition) is 1. The number of sulfone groups is 1. The zero-order valence-corrected chi connectivity index (χ0v) is 18.4. The molecule has 0 aromatic heterocycles. The highest BCUT2D eigenvalue weighted by Gasteiger charge is 2.47. The van der Waals surface area contributed by atoms with Crippen LogP contribution < -0.4 is 10.5 Å². The standard InChI is InChI=1S/C21H31FN2O4S/c1-20(2)12-18(29(25,26)21(3,4)19(23)24-9-10-28-20)16-11-15(7-8-17(16)22)27-13-14-5-6-14/h7-8,11,14,18H,5-6,9-10,12-13H2,1-4H3,(H2,23,24)/t18-/m1/s1. The van der Waals surface area contributed by atoms with Gasteiger partial charge in [-0.2, -0.15) is 0 Å². The normalized spacial score (nSPS) is 26.4. The highest BCUT2D eigenvalue weighted by atomic mass is 32.2. The van der Waals surface area contributed by atoms with Crippen molar-refractivity contribution in [3.8, 4) is 5.75 Å². The number of nitrogens with two attached hydrogens (primary N) is 1. The second-order valence-electron chi connectivity index (χ2n) is 9.06. The third-order valence-electron chi connectivity index (χ3n) is 5.74. The van der Waals surface area contributed by atoms with E-state index in [-0.39, 0.29) is 24.4 Å². The molecule has 3 rings (SSSR count). The maximum atomic E-state index is 14.9. The molecule has 1 saturated carbocycles. The Hall–Kier alpha value is -1.67. The van der Waals surface area contributed by atoms with Crippen molar-refractivity contribution >= 4 is 15.7 Å². The van der Waals surface area contributed by atoms with Crippen LogP contribution in [0.15, 0.2) is 23.2 Å². The number of rotatable bonds is 4. The molecule has 0 radical (unpaired) electrons. The topological polar surface area (TPSA) is 91.0 Å². The average Bonchev–Trinajstić information content (AvgIpc) is 3.46. The minimum Gasteiger partial charge on any atom is -0.493 e. The van der Waals surface area contributed by atoms with Gasteiger partial charge in [0.05, 0.1) is 30.6 Å². The van der Waals surface area contributed by atoms with Gasteiger partial charge in [0.25, 0.3) is 0 Å². The SMILES string of the molecule is CC1(C)C[C@H](c2cc(OCC3CC3)ccc2F)S(=O)(=O)C(C)(C)C(N)=NCCO1. The molecule has 8 heteroatoms.